The molecule has 0 aliphatic carbocycles. The average molecular weight is 299 g/mol. The largest absolute Gasteiger partial charge is 0.394 e. The highest BCUT2D eigenvalue weighted by Crippen LogP contribution is 2.18. The summed E-state index contributed by atoms with van der Waals surface area (Å²) in [7, 11) is -3.79. The van der Waals surface area contributed by atoms with Crippen LogP contribution in [0.15, 0.2) is 35.5 Å². The van der Waals surface area contributed by atoms with E-state index in [0.29, 0.717) is 0 Å². The van der Waals surface area contributed by atoms with Crippen LogP contribution in [0, 0.1) is 12.7 Å². The molecule has 20 heavy (non-hydrogen) atoms. The lowest BCUT2D eigenvalue weighted by molar-refractivity contribution is 0.269. The SMILES string of the molecule is Cc1cc(S(=O)(=O)Nc2cnn(CCO)c2)ccc1F. The number of aromatic nitrogens is 2. The monoisotopic (exact) mass is 299 g/mol. The number of aryl methyl sites for hydroxylation is 1. The Morgan fingerprint density at radius 3 is 2.85 bits per heavy atom. The van der Waals surface area contributed by atoms with Crippen LogP contribution in [0.25, 0.3) is 0 Å². The fourth-order valence-corrected chi connectivity index (χ4v) is 2.75. The topological polar surface area (TPSA) is 84.2 Å². The second kappa shape index (κ2) is 5.59. The van der Waals surface area contributed by atoms with Gasteiger partial charge in [0.1, 0.15) is 5.82 Å². The Balaban J connectivity index is 2.23. The highest BCUT2D eigenvalue weighted by atomic mass is 32.2. The van der Waals surface area contributed by atoms with E-state index in [9.17, 15) is 12.8 Å². The molecule has 0 bridgehead atoms. The smallest absolute Gasteiger partial charge is 0.262 e. The molecule has 8 heteroatoms. The van der Waals surface area contributed by atoms with E-state index in [2.05, 4.69) is 9.82 Å². The van der Waals surface area contributed by atoms with Crippen molar-refractivity contribution in [1.29, 1.82) is 0 Å². The van der Waals surface area contributed by atoms with E-state index < -0.39 is 15.8 Å². The first-order chi connectivity index (χ1) is 9.42. The van der Waals surface area contributed by atoms with Crippen LogP contribution in [0.3, 0.4) is 0 Å². The van der Waals surface area contributed by atoms with Crippen LogP contribution in [-0.4, -0.2) is 29.9 Å². The summed E-state index contributed by atoms with van der Waals surface area (Å²) in [5.41, 5.74) is 0.532. The molecular formula is C12H14FN3O3S. The van der Waals surface area contributed by atoms with Gasteiger partial charge in [-0.2, -0.15) is 5.10 Å². The van der Waals surface area contributed by atoms with Crippen LogP contribution in [0.2, 0.25) is 0 Å². The molecule has 2 rings (SSSR count). The van der Waals surface area contributed by atoms with Gasteiger partial charge >= 0.3 is 0 Å². The van der Waals surface area contributed by atoms with Crippen LogP contribution in [-0.2, 0) is 16.6 Å². The first-order valence-electron chi connectivity index (χ1n) is 5.84. The number of halogens is 1. The lowest BCUT2D eigenvalue weighted by atomic mass is 10.2. The van der Waals surface area contributed by atoms with Gasteiger partial charge in [0, 0.05) is 6.20 Å². The van der Waals surface area contributed by atoms with Gasteiger partial charge < -0.3 is 5.11 Å². The Kier molecular flexibility index (Phi) is 4.05. The minimum atomic E-state index is -3.79. The second-order valence-corrected chi connectivity index (χ2v) is 5.91. The van der Waals surface area contributed by atoms with Gasteiger partial charge in [-0.1, -0.05) is 0 Å². The number of sulfonamides is 1. The van der Waals surface area contributed by atoms with Crippen molar-refractivity contribution in [3.63, 3.8) is 0 Å². The molecule has 2 aromatic rings. The van der Waals surface area contributed by atoms with Crippen molar-refractivity contribution < 1.29 is 17.9 Å². The predicted octanol–water partition coefficient (Wildman–Crippen LogP) is 1.12. The lowest BCUT2D eigenvalue weighted by Gasteiger charge is -2.07. The van der Waals surface area contributed by atoms with Crippen LogP contribution < -0.4 is 4.72 Å². The Hall–Kier alpha value is -1.93. The zero-order valence-corrected chi connectivity index (χ0v) is 11.6. The minimum Gasteiger partial charge on any atom is -0.394 e. The van der Waals surface area contributed by atoms with Crippen LogP contribution in [0.4, 0.5) is 10.1 Å². The highest BCUT2D eigenvalue weighted by Gasteiger charge is 2.16. The Morgan fingerprint density at radius 2 is 2.20 bits per heavy atom. The third-order valence-corrected chi connectivity index (χ3v) is 4.03. The molecule has 0 radical (unpaired) electrons. The summed E-state index contributed by atoms with van der Waals surface area (Å²) in [6, 6.07) is 3.57. The summed E-state index contributed by atoms with van der Waals surface area (Å²) in [5.74, 6) is -0.459. The second-order valence-electron chi connectivity index (χ2n) is 4.23. The van der Waals surface area contributed by atoms with Crippen LogP contribution >= 0.6 is 0 Å². The number of hydrogen-bond donors (Lipinski definition) is 2. The third-order valence-electron chi connectivity index (χ3n) is 2.65. The van der Waals surface area contributed by atoms with Gasteiger partial charge in [0.05, 0.1) is 29.9 Å². The van der Waals surface area contributed by atoms with Gasteiger partial charge in [-0.3, -0.25) is 9.40 Å². The summed E-state index contributed by atoms with van der Waals surface area (Å²) < 4.78 is 41.1. The molecule has 1 aromatic heterocycles. The van der Waals surface area contributed by atoms with Crippen molar-refractivity contribution >= 4 is 15.7 Å². The third kappa shape index (κ3) is 3.14. The lowest BCUT2D eigenvalue weighted by Crippen LogP contribution is -2.13. The maximum absolute atomic E-state index is 13.1. The molecule has 0 unspecified atom stereocenters. The van der Waals surface area contributed by atoms with Crippen molar-refractivity contribution in [3.05, 3.63) is 42.0 Å². The predicted molar refractivity (Wildman–Crippen MR) is 71.3 cm³/mol. The molecule has 0 amide bonds. The van der Waals surface area contributed by atoms with E-state index >= 15 is 0 Å². The molecule has 0 aliphatic heterocycles. The van der Waals surface area contributed by atoms with E-state index in [1.807, 2.05) is 0 Å². The molecule has 0 spiro atoms. The summed E-state index contributed by atoms with van der Waals surface area (Å²) in [4.78, 5) is -0.0219. The average Bonchev–Trinajstić information content (AvgIpc) is 2.79. The quantitative estimate of drug-likeness (QED) is 0.866. The summed E-state index contributed by atoms with van der Waals surface area (Å²) in [6.45, 7) is 1.68. The maximum atomic E-state index is 13.1. The van der Waals surface area contributed by atoms with Crippen molar-refractivity contribution in [3.8, 4) is 0 Å². The zero-order chi connectivity index (χ0) is 14.8. The fourth-order valence-electron chi connectivity index (χ4n) is 1.64. The number of aliphatic hydroxyl groups is 1. The molecule has 0 aliphatic rings. The van der Waals surface area contributed by atoms with Gasteiger partial charge in [-0.25, -0.2) is 12.8 Å². The highest BCUT2D eigenvalue weighted by molar-refractivity contribution is 7.92. The molecule has 0 saturated carbocycles. The normalized spacial score (nSPS) is 11.6. The van der Waals surface area contributed by atoms with Crippen molar-refractivity contribution in [2.75, 3.05) is 11.3 Å². The van der Waals surface area contributed by atoms with E-state index in [0.717, 1.165) is 6.07 Å². The molecular weight excluding hydrogens is 285 g/mol. The van der Waals surface area contributed by atoms with Crippen molar-refractivity contribution in [1.82, 2.24) is 9.78 Å². The number of hydrogen-bond acceptors (Lipinski definition) is 4. The molecule has 2 N–H and O–H groups in total. The van der Waals surface area contributed by atoms with Gasteiger partial charge in [-0.05, 0) is 30.7 Å². The van der Waals surface area contributed by atoms with E-state index in [4.69, 9.17) is 5.11 Å². The molecule has 0 saturated heterocycles. The van der Waals surface area contributed by atoms with Crippen LogP contribution in [0.1, 0.15) is 5.56 Å². The summed E-state index contributed by atoms with van der Waals surface area (Å²) in [6.07, 6.45) is 2.80. The standard InChI is InChI=1S/C12H14FN3O3S/c1-9-6-11(2-3-12(9)13)20(18,19)15-10-7-14-16(8-10)4-5-17/h2-3,6-8,15,17H,4-5H2,1H3. The minimum absolute atomic E-state index is 0.0219. The number of aliphatic hydroxyl groups excluding tert-OH is 1. The maximum Gasteiger partial charge on any atom is 0.262 e. The number of rotatable bonds is 5. The van der Waals surface area contributed by atoms with Gasteiger partial charge in [-0.15, -0.1) is 0 Å². The fraction of sp³-hybridized carbons (Fsp3) is 0.250. The number of anilines is 1. The van der Waals surface area contributed by atoms with Crippen LogP contribution in [0.5, 0.6) is 0 Å². The number of benzene rings is 1. The summed E-state index contributed by atoms with van der Waals surface area (Å²) >= 11 is 0. The molecule has 1 heterocycles. The number of nitrogens with zero attached hydrogens (tertiary/aromatic N) is 2. The Labute approximate surface area is 115 Å². The summed E-state index contributed by atoms with van der Waals surface area (Å²) in [5, 5.41) is 12.6. The molecule has 1 aromatic carbocycles. The van der Waals surface area contributed by atoms with E-state index in [-0.39, 0.29) is 29.3 Å². The molecule has 108 valence electrons. The molecule has 0 atom stereocenters. The van der Waals surface area contributed by atoms with Gasteiger partial charge in [0.15, 0.2) is 0 Å². The van der Waals surface area contributed by atoms with E-state index in [1.165, 1.54) is 36.1 Å². The van der Waals surface area contributed by atoms with E-state index in [1.54, 1.807) is 0 Å². The Morgan fingerprint density at radius 1 is 1.45 bits per heavy atom. The van der Waals surface area contributed by atoms with Gasteiger partial charge in [0.2, 0.25) is 0 Å². The van der Waals surface area contributed by atoms with Gasteiger partial charge in [0.25, 0.3) is 10.0 Å². The molecule has 0 fully saturated rings. The zero-order valence-electron chi connectivity index (χ0n) is 10.7. The van der Waals surface area contributed by atoms with Crippen molar-refractivity contribution in [2.24, 2.45) is 0 Å². The number of nitrogens with one attached hydrogen (secondary N) is 1. The first kappa shape index (κ1) is 14.5. The first-order valence-corrected chi connectivity index (χ1v) is 7.33. The molecule has 6 nitrogen and oxygen atoms in total. The Bertz CT molecular complexity index is 712. The van der Waals surface area contributed by atoms with Crippen molar-refractivity contribution in [2.45, 2.75) is 18.4 Å².